The lowest BCUT2D eigenvalue weighted by atomic mass is 10.0. The van der Waals surface area contributed by atoms with Crippen LogP contribution in [0.25, 0.3) is 0 Å². The van der Waals surface area contributed by atoms with Gasteiger partial charge in [0.2, 0.25) is 0 Å². The van der Waals surface area contributed by atoms with E-state index in [9.17, 15) is 14.7 Å². The average molecular weight is 299 g/mol. The number of carboxylic acid groups (broad SMARTS) is 1. The Morgan fingerprint density at radius 1 is 1.05 bits per heavy atom. The monoisotopic (exact) mass is 299 g/mol. The van der Waals surface area contributed by atoms with Gasteiger partial charge < -0.3 is 9.90 Å². The normalized spacial score (nSPS) is 10.4. The first kappa shape index (κ1) is 15.3. The molecule has 0 aliphatic carbocycles. The minimum Gasteiger partial charge on any atom is -0.545 e. The van der Waals surface area contributed by atoms with Crippen LogP contribution in [0.4, 0.5) is 0 Å². The number of carbonyl (C=O) groups is 2. The fourth-order valence-electron chi connectivity index (χ4n) is 2.11. The summed E-state index contributed by atoms with van der Waals surface area (Å²) in [5.74, 6) is -1.03. The number of thioether (sulfide) groups is 1. The van der Waals surface area contributed by atoms with Gasteiger partial charge in [-0.25, -0.2) is 0 Å². The van der Waals surface area contributed by atoms with Gasteiger partial charge in [0.25, 0.3) is 0 Å². The summed E-state index contributed by atoms with van der Waals surface area (Å²) in [6.07, 6.45) is 0. The molecule has 0 saturated heterocycles. The van der Waals surface area contributed by atoms with E-state index in [1.165, 1.54) is 17.8 Å². The second-order valence-electron chi connectivity index (χ2n) is 4.81. The number of benzene rings is 2. The summed E-state index contributed by atoms with van der Waals surface area (Å²) in [5.41, 5.74) is 2.85. The standard InChI is InChI=1S/C17H16O3S/c1-11-7-8-13(12(2)9-11)15(18)10-21-16-6-4-3-5-14(16)17(19)20/h3-9H,10H2,1-2H3,(H,19,20)/p-1. The highest BCUT2D eigenvalue weighted by atomic mass is 32.2. The van der Waals surface area contributed by atoms with Crippen LogP contribution in [0.5, 0.6) is 0 Å². The fourth-order valence-corrected chi connectivity index (χ4v) is 3.03. The molecular formula is C17H15O3S-. The molecule has 0 aromatic heterocycles. The van der Waals surface area contributed by atoms with Crippen molar-refractivity contribution in [3.63, 3.8) is 0 Å². The topological polar surface area (TPSA) is 57.2 Å². The predicted octanol–water partition coefficient (Wildman–Crippen LogP) is 2.64. The van der Waals surface area contributed by atoms with Gasteiger partial charge in [0.1, 0.15) is 0 Å². The Kier molecular flexibility index (Phi) is 4.81. The molecule has 4 heteroatoms. The zero-order chi connectivity index (χ0) is 15.4. The van der Waals surface area contributed by atoms with Crippen molar-refractivity contribution in [2.45, 2.75) is 18.7 Å². The molecule has 0 aliphatic rings. The molecule has 0 amide bonds. The molecule has 0 fully saturated rings. The Labute approximate surface area is 128 Å². The van der Waals surface area contributed by atoms with Gasteiger partial charge in [-0.05, 0) is 25.5 Å². The second-order valence-corrected chi connectivity index (χ2v) is 5.83. The maximum Gasteiger partial charge on any atom is 0.173 e. The van der Waals surface area contributed by atoms with Crippen LogP contribution >= 0.6 is 11.8 Å². The van der Waals surface area contributed by atoms with Crippen LogP contribution in [0.3, 0.4) is 0 Å². The second kappa shape index (κ2) is 6.59. The summed E-state index contributed by atoms with van der Waals surface area (Å²) in [4.78, 5) is 23.8. The first-order valence-electron chi connectivity index (χ1n) is 6.52. The Bertz CT molecular complexity index is 692. The van der Waals surface area contributed by atoms with Crippen LogP contribution in [0.15, 0.2) is 47.4 Å². The molecule has 2 aromatic carbocycles. The Morgan fingerprint density at radius 3 is 2.43 bits per heavy atom. The van der Waals surface area contributed by atoms with E-state index in [-0.39, 0.29) is 17.1 Å². The lowest BCUT2D eigenvalue weighted by molar-refractivity contribution is -0.255. The van der Waals surface area contributed by atoms with Crippen molar-refractivity contribution in [1.82, 2.24) is 0 Å². The summed E-state index contributed by atoms with van der Waals surface area (Å²) < 4.78 is 0. The van der Waals surface area contributed by atoms with Gasteiger partial charge in [0, 0.05) is 16.0 Å². The first-order valence-corrected chi connectivity index (χ1v) is 7.51. The van der Waals surface area contributed by atoms with Gasteiger partial charge in [-0.1, -0.05) is 42.0 Å². The highest BCUT2D eigenvalue weighted by Crippen LogP contribution is 2.24. The van der Waals surface area contributed by atoms with Crippen LogP contribution < -0.4 is 5.11 Å². The predicted molar refractivity (Wildman–Crippen MR) is 81.7 cm³/mol. The molecule has 2 rings (SSSR count). The van der Waals surface area contributed by atoms with E-state index in [1.807, 2.05) is 32.0 Å². The number of rotatable bonds is 5. The smallest absolute Gasteiger partial charge is 0.173 e. The maximum absolute atomic E-state index is 12.2. The van der Waals surface area contributed by atoms with Gasteiger partial charge in [-0.3, -0.25) is 4.79 Å². The van der Waals surface area contributed by atoms with Gasteiger partial charge in [0.15, 0.2) is 5.78 Å². The maximum atomic E-state index is 12.2. The van der Waals surface area contributed by atoms with Crippen molar-refractivity contribution in [2.24, 2.45) is 0 Å². The number of aryl methyl sites for hydroxylation is 2. The molecule has 0 saturated carbocycles. The van der Waals surface area contributed by atoms with Crippen LogP contribution in [0.1, 0.15) is 31.8 Å². The minimum absolute atomic E-state index is 0.00866. The molecule has 3 nitrogen and oxygen atoms in total. The van der Waals surface area contributed by atoms with Crippen molar-refractivity contribution in [3.8, 4) is 0 Å². The molecule has 0 unspecified atom stereocenters. The number of hydrogen-bond acceptors (Lipinski definition) is 4. The van der Waals surface area contributed by atoms with Crippen LogP contribution in [-0.4, -0.2) is 17.5 Å². The molecule has 0 spiro atoms. The quantitative estimate of drug-likeness (QED) is 0.629. The van der Waals surface area contributed by atoms with Crippen molar-refractivity contribution >= 4 is 23.5 Å². The van der Waals surface area contributed by atoms with Crippen LogP contribution in [0.2, 0.25) is 0 Å². The molecule has 0 bridgehead atoms. The van der Waals surface area contributed by atoms with E-state index in [2.05, 4.69) is 0 Å². The number of hydrogen-bond donors (Lipinski definition) is 0. The van der Waals surface area contributed by atoms with E-state index >= 15 is 0 Å². The molecule has 108 valence electrons. The Morgan fingerprint density at radius 2 is 1.76 bits per heavy atom. The summed E-state index contributed by atoms with van der Waals surface area (Å²) in [5, 5.41) is 11.0. The van der Waals surface area contributed by atoms with E-state index in [0.29, 0.717) is 10.5 Å². The minimum atomic E-state index is -1.22. The van der Waals surface area contributed by atoms with Gasteiger partial charge >= 0.3 is 0 Å². The molecule has 2 aromatic rings. The summed E-state index contributed by atoms with van der Waals surface area (Å²) in [6.45, 7) is 3.88. The highest BCUT2D eigenvalue weighted by Gasteiger charge is 2.11. The Balaban J connectivity index is 2.13. The molecule has 21 heavy (non-hydrogen) atoms. The van der Waals surface area contributed by atoms with E-state index < -0.39 is 5.97 Å². The SMILES string of the molecule is Cc1ccc(C(=O)CSc2ccccc2C(=O)[O-])c(C)c1. The van der Waals surface area contributed by atoms with Crippen molar-refractivity contribution < 1.29 is 14.7 Å². The summed E-state index contributed by atoms with van der Waals surface area (Å²) >= 11 is 1.22. The highest BCUT2D eigenvalue weighted by molar-refractivity contribution is 8.00. The van der Waals surface area contributed by atoms with Crippen LogP contribution in [0, 0.1) is 13.8 Å². The third kappa shape index (κ3) is 3.73. The lowest BCUT2D eigenvalue weighted by Gasteiger charge is -2.10. The van der Waals surface area contributed by atoms with Crippen LogP contribution in [-0.2, 0) is 0 Å². The summed E-state index contributed by atoms with van der Waals surface area (Å²) in [7, 11) is 0. The van der Waals surface area contributed by atoms with Crippen molar-refractivity contribution in [1.29, 1.82) is 0 Å². The number of ketones is 1. The zero-order valence-electron chi connectivity index (χ0n) is 11.9. The number of aromatic carboxylic acids is 1. The third-order valence-corrected chi connectivity index (χ3v) is 4.22. The van der Waals surface area contributed by atoms with E-state index in [1.54, 1.807) is 18.2 Å². The molecule has 0 N–H and O–H groups in total. The molecule has 0 aliphatic heterocycles. The van der Waals surface area contributed by atoms with Gasteiger partial charge in [0.05, 0.1) is 11.7 Å². The molecule has 0 radical (unpaired) electrons. The largest absolute Gasteiger partial charge is 0.545 e. The number of Topliss-reactive ketones (excluding diaryl/α,β-unsaturated/α-hetero) is 1. The average Bonchev–Trinajstić information content (AvgIpc) is 2.45. The fraction of sp³-hybridized carbons (Fsp3) is 0.176. The summed E-state index contributed by atoms with van der Waals surface area (Å²) in [6, 6.07) is 12.2. The zero-order valence-corrected chi connectivity index (χ0v) is 12.7. The first-order chi connectivity index (χ1) is 9.99. The number of carboxylic acids is 1. The molecular weight excluding hydrogens is 284 g/mol. The lowest BCUT2D eigenvalue weighted by Crippen LogP contribution is -2.23. The molecule has 0 atom stereocenters. The van der Waals surface area contributed by atoms with E-state index in [0.717, 1.165) is 11.1 Å². The van der Waals surface area contributed by atoms with E-state index in [4.69, 9.17) is 0 Å². The van der Waals surface area contributed by atoms with Crippen molar-refractivity contribution in [2.75, 3.05) is 5.75 Å². The molecule has 0 heterocycles. The van der Waals surface area contributed by atoms with Gasteiger partial charge in [-0.2, -0.15) is 0 Å². The third-order valence-electron chi connectivity index (χ3n) is 3.15. The van der Waals surface area contributed by atoms with Crippen molar-refractivity contribution in [3.05, 3.63) is 64.7 Å². The Hall–Kier alpha value is -2.07. The number of carbonyl (C=O) groups excluding carboxylic acids is 2. The van der Waals surface area contributed by atoms with Gasteiger partial charge in [-0.15, -0.1) is 11.8 Å².